The summed E-state index contributed by atoms with van der Waals surface area (Å²) in [6.45, 7) is 3.41. The molecule has 0 fully saturated rings. The summed E-state index contributed by atoms with van der Waals surface area (Å²) >= 11 is 0. The Labute approximate surface area is 133 Å². The van der Waals surface area contributed by atoms with Gasteiger partial charge in [0.15, 0.2) is 5.76 Å². The first-order chi connectivity index (χ1) is 11.0. The molecule has 2 aromatic heterocycles. The van der Waals surface area contributed by atoms with E-state index in [-0.39, 0.29) is 31.3 Å². The number of nitrogens with zero attached hydrogens (tertiary/aromatic N) is 3. The Kier molecular flexibility index (Phi) is 5.51. The zero-order valence-electron chi connectivity index (χ0n) is 13.1. The van der Waals surface area contributed by atoms with Crippen molar-refractivity contribution in [1.29, 1.82) is 0 Å². The molecule has 1 unspecified atom stereocenters. The normalized spacial score (nSPS) is 12.1. The van der Waals surface area contributed by atoms with Crippen LogP contribution in [0.3, 0.4) is 0 Å². The van der Waals surface area contributed by atoms with Crippen LogP contribution in [0.5, 0.6) is 0 Å². The van der Waals surface area contributed by atoms with Crippen LogP contribution >= 0.6 is 0 Å². The van der Waals surface area contributed by atoms with Gasteiger partial charge in [-0.3, -0.25) is 9.59 Å². The highest BCUT2D eigenvalue weighted by Crippen LogP contribution is 2.16. The molecule has 1 N–H and O–H groups in total. The van der Waals surface area contributed by atoms with E-state index in [9.17, 15) is 9.59 Å². The number of carboxylic acids is 1. The van der Waals surface area contributed by atoms with Crippen molar-refractivity contribution in [1.82, 2.24) is 15.0 Å². The van der Waals surface area contributed by atoms with Crippen molar-refractivity contribution in [2.24, 2.45) is 0 Å². The summed E-state index contributed by atoms with van der Waals surface area (Å²) < 4.78 is 10.2. The fraction of sp³-hybridized carbons (Fsp3) is 0.467. The molecule has 0 aromatic carbocycles. The molecule has 0 aliphatic heterocycles. The molecule has 0 aliphatic rings. The maximum atomic E-state index is 12.2. The number of aliphatic carboxylic acids is 1. The molecule has 2 aromatic rings. The van der Waals surface area contributed by atoms with Gasteiger partial charge in [-0.2, -0.15) is 4.98 Å². The summed E-state index contributed by atoms with van der Waals surface area (Å²) in [5, 5.41) is 12.7. The summed E-state index contributed by atoms with van der Waals surface area (Å²) in [6.07, 6.45) is 2.55. The molecular formula is C15H19N3O5. The predicted octanol–water partition coefficient (Wildman–Crippen LogP) is 1.97. The van der Waals surface area contributed by atoms with Crippen LogP contribution in [0, 0.1) is 0 Å². The maximum absolute atomic E-state index is 12.2. The molecule has 0 radical (unpaired) electrons. The van der Waals surface area contributed by atoms with Crippen LogP contribution in [-0.4, -0.2) is 44.6 Å². The average molecular weight is 321 g/mol. The third kappa shape index (κ3) is 4.41. The second-order valence-corrected chi connectivity index (χ2v) is 5.16. The van der Waals surface area contributed by atoms with Crippen molar-refractivity contribution in [2.45, 2.75) is 39.2 Å². The molecule has 0 saturated carbocycles. The standard InChI is InChI=1S/C15H19N3O5/c1-3-10(2)18(9-14(20)21)13(19)7-6-12-16-15(17-23-12)11-5-4-8-22-11/h4-5,8,10H,3,6-7,9H2,1-2H3,(H,20,21). The first kappa shape index (κ1) is 16.7. The van der Waals surface area contributed by atoms with Crippen LogP contribution in [-0.2, 0) is 16.0 Å². The number of hydrogen-bond acceptors (Lipinski definition) is 6. The number of rotatable bonds is 8. The Hall–Kier alpha value is -2.64. The number of carbonyl (C=O) groups excluding carboxylic acids is 1. The van der Waals surface area contributed by atoms with Gasteiger partial charge in [0, 0.05) is 18.9 Å². The van der Waals surface area contributed by atoms with Crippen molar-refractivity contribution in [2.75, 3.05) is 6.54 Å². The van der Waals surface area contributed by atoms with E-state index < -0.39 is 5.97 Å². The molecule has 1 amide bonds. The van der Waals surface area contributed by atoms with Gasteiger partial charge >= 0.3 is 5.97 Å². The van der Waals surface area contributed by atoms with Crippen molar-refractivity contribution >= 4 is 11.9 Å². The summed E-state index contributed by atoms with van der Waals surface area (Å²) in [5.74, 6) is -0.166. The Morgan fingerprint density at radius 1 is 1.43 bits per heavy atom. The van der Waals surface area contributed by atoms with Crippen LogP contribution in [0.15, 0.2) is 27.3 Å². The summed E-state index contributed by atoms with van der Waals surface area (Å²) in [5.41, 5.74) is 0. The van der Waals surface area contributed by atoms with E-state index in [4.69, 9.17) is 14.0 Å². The highest BCUT2D eigenvalue weighted by atomic mass is 16.5. The number of furan rings is 1. The lowest BCUT2D eigenvalue weighted by molar-refractivity contribution is -0.146. The van der Waals surface area contributed by atoms with Gasteiger partial charge in [-0.15, -0.1) is 0 Å². The molecule has 0 aliphatic carbocycles. The number of aromatic nitrogens is 2. The maximum Gasteiger partial charge on any atom is 0.323 e. The highest BCUT2D eigenvalue weighted by Gasteiger charge is 2.22. The molecule has 8 nitrogen and oxygen atoms in total. The van der Waals surface area contributed by atoms with Gasteiger partial charge in [0.25, 0.3) is 0 Å². The summed E-state index contributed by atoms with van der Waals surface area (Å²) in [7, 11) is 0. The molecule has 0 bridgehead atoms. The molecule has 2 heterocycles. The third-order valence-corrected chi connectivity index (χ3v) is 3.51. The lowest BCUT2D eigenvalue weighted by Crippen LogP contribution is -2.41. The van der Waals surface area contributed by atoms with Gasteiger partial charge in [0.2, 0.25) is 17.6 Å². The van der Waals surface area contributed by atoms with E-state index >= 15 is 0 Å². The number of hydrogen-bond donors (Lipinski definition) is 1. The monoisotopic (exact) mass is 321 g/mol. The van der Waals surface area contributed by atoms with Gasteiger partial charge in [0.05, 0.1) is 6.26 Å². The molecule has 124 valence electrons. The first-order valence-electron chi connectivity index (χ1n) is 7.39. The van der Waals surface area contributed by atoms with Crippen molar-refractivity contribution in [3.05, 3.63) is 24.3 Å². The minimum atomic E-state index is -1.03. The SMILES string of the molecule is CCC(C)N(CC(=O)O)C(=O)CCc1nc(-c2ccco2)no1. The molecule has 8 heteroatoms. The quantitative estimate of drug-likeness (QED) is 0.791. The summed E-state index contributed by atoms with van der Waals surface area (Å²) in [4.78, 5) is 28.6. The molecular weight excluding hydrogens is 302 g/mol. The number of carboxylic acid groups (broad SMARTS) is 1. The second-order valence-electron chi connectivity index (χ2n) is 5.16. The van der Waals surface area contributed by atoms with Gasteiger partial charge in [0.1, 0.15) is 6.54 Å². The Morgan fingerprint density at radius 3 is 2.83 bits per heavy atom. The smallest absolute Gasteiger partial charge is 0.323 e. The molecule has 0 spiro atoms. The van der Waals surface area contributed by atoms with Crippen molar-refractivity contribution in [3.8, 4) is 11.6 Å². The predicted molar refractivity (Wildman–Crippen MR) is 79.4 cm³/mol. The largest absolute Gasteiger partial charge is 0.480 e. The summed E-state index contributed by atoms with van der Waals surface area (Å²) in [6, 6.07) is 3.28. The lowest BCUT2D eigenvalue weighted by Gasteiger charge is -2.26. The Balaban J connectivity index is 1.96. The third-order valence-electron chi connectivity index (χ3n) is 3.51. The zero-order valence-corrected chi connectivity index (χ0v) is 13.1. The van der Waals surface area contributed by atoms with Crippen LogP contribution in [0.1, 0.15) is 32.6 Å². The number of carbonyl (C=O) groups is 2. The van der Waals surface area contributed by atoms with Crippen LogP contribution in [0.25, 0.3) is 11.6 Å². The van der Waals surface area contributed by atoms with Crippen LogP contribution in [0.2, 0.25) is 0 Å². The first-order valence-corrected chi connectivity index (χ1v) is 7.39. The highest BCUT2D eigenvalue weighted by molar-refractivity contribution is 5.81. The van der Waals surface area contributed by atoms with E-state index in [1.807, 2.05) is 13.8 Å². The minimum Gasteiger partial charge on any atom is -0.480 e. The lowest BCUT2D eigenvalue weighted by atomic mass is 10.2. The average Bonchev–Trinajstić information content (AvgIpc) is 3.19. The van der Waals surface area contributed by atoms with E-state index in [1.165, 1.54) is 11.2 Å². The van der Waals surface area contributed by atoms with Crippen LogP contribution in [0.4, 0.5) is 0 Å². The van der Waals surface area contributed by atoms with Crippen molar-refractivity contribution in [3.63, 3.8) is 0 Å². The molecule has 1 atom stereocenters. The van der Waals surface area contributed by atoms with Gasteiger partial charge < -0.3 is 18.9 Å². The fourth-order valence-corrected chi connectivity index (χ4v) is 2.08. The Morgan fingerprint density at radius 2 is 2.22 bits per heavy atom. The van der Waals surface area contributed by atoms with Gasteiger partial charge in [-0.25, -0.2) is 0 Å². The topological polar surface area (TPSA) is 110 Å². The number of aryl methyl sites for hydroxylation is 1. The molecule has 0 saturated heterocycles. The van der Waals surface area contributed by atoms with E-state index in [0.29, 0.717) is 23.9 Å². The molecule has 2 rings (SSSR count). The van der Waals surface area contributed by atoms with Crippen LogP contribution < -0.4 is 0 Å². The van der Waals surface area contributed by atoms with E-state index in [2.05, 4.69) is 10.1 Å². The molecule has 23 heavy (non-hydrogen) atoms. The Bertz CT molecular complexity index is 650. The van der Waals surface area contributed by atoms with Gasteiger partial charge in [-0.05, 0) is 25.5 Å². The fourth-order valence-electron chi connectivity index (χ4n) is 2.08. The second kappa shape index (κ2) is 7.57. The van der Waals surface area contributed by atoms with Gasteiger partial charge in [-0.1, -0.05) is 12.1 Å². The number of amides is 1. The van der Waals surface area contributed by atoms with E-state index in [1.54, 1.807) is 12.1 Å². The van der Waals surface area contributed by atoms with E-state index in [0.717, 1.165) is 0 Å². The minimum absolute atomic E-state index is 0.109. The zero-order chi connectivity index (χ0) is 16.8. The van der Waals surface area contributed by atoms with Crippen molar-refractivity contribution < 1.29 is 23.6 Å².